The first-order chi connectivity index (χ1) is 9.04. The van der Waals surface area contributed by atoms with Crippen LogP contribution in [0.4, 0.5) is 0 Å². The van der Waals surface area contributed by atoms with Crippen LogP contribution in [0.3, 0.4) is 0 Å². The molecule has 1 aliphatic heterocycles. The Morgan fingerprint density at radius 2 is 1.95 bits per heavy atom. The van der Waals surface area contributed by atoms with Gasteiger partial charge in [-0.3, -0.25) is 0 Å². The van der Waals surface area contributed by atoms with Crippen molar-refractivity contribution < 1.29 is 0 Å². The number of hydrogen-bond acceptors (Lipinski definition) is 3. The van der Waals surface area contributed by atoms with Gasteiger partial charge in [0.15, 0.2) is 0 Å². The van der Waals surface area contributed by atoms with Gasteiger partial charge in [-0.05, 0) is 64.2 Å². The first kappa shape index (κ1) is 15.3. The Morgan fingerprint density at radius 1 is 1.26 bits per heavy atom. The van der Waals surface area contributed by atoms with Gasteiger partial charge in [0.25, 0.3) is 0 Å². The minimum atomic E-state index is 0.401. The van der Waals surface area contributed by atoms with Crippen molar-refractivity contribution in [1.82, 2.24) is 9.80 Å². The number of likely N-dealkylation sites (tertiary alicyclic amines) is 1. The summed E-state index contributed by atoms with van der Waals surface area (Å²) in [6.45, 7) is 6.94. The molecule has 3 nitrogen and oxygen atoms in total. The van der Waals surface area contributed by atoms with Crippen LogP contribution in [0.1, 0.15) is 45.4 Å². The Balaban J connectivity index is 1.83. The summed E-state index contributed by atoms with van der Waals surface area (Å²) in [6.07, 6.45) is 8.13. The number of hydrogen-bond donors (Lipinski definition) is 1. The third-order valence-electron chi connectivity index (χ3n) is 5.57. The third kappa shape index (κ3) is 3.93. The molecule has 0 amide bonds. The van der Waals surface area contributed by atoms with Crippen molar-refractivity contribution in [3.63, 3.8) is 0 Å². The first-order valence-electron chi connectivity index (χ1n) is 8.13. The summed E-state index contributed by atoms with van der Waals surface area (Å²) in [6, 6.07) is 0.766. The van der Waals surface area contributed by atoms with Crippen LogP contribution < -0.4 is 5.73 Å². The molecular weight excluding hydrogens is 234 g/mol. The highest BCUT2D eigenvalue weighted by Gasteiger charge is 2.34. The van der Waals surface area contributed by atoms with Gasteiger partial charge in [-0.15, -0.1) is 0 Å². The second-order valence-electron chi connectivity index (χ2n) is 7.36. The van der Waals surface area contributed by atoms with Crippen LogP contribution >= 0.6 is 0 Å². The van der Waals surface area contributed by atoms with Crippen LogP contribution in [-0.4, -0.2) is 56.1 Å². The molecule has 0 bridgehead atoms. The van der Waals surface area contributed by atoms with E-state index in [0.717, 1.165) is 18.5 Å². The van der Waals surface area contributed by atoms with Crippen molar-refractivity contribution in [2.45, 2.75) is 51.5 Å². The molecule has 0 aromatic heterocycles. The molecular formula is C16H33N3. The second kappa shape index (κ2) is 6.55. The molecule has 2 rings (SSSR count). The predicted octanol–water partition coefficient (Wildman–Crippen LogP) is 2.17. The van der Waals surface area contributed by atoms with E-state index in [9.17, 15) is 0 Å². The molecule has 1 aliphatic carbocycles. The normalized spacial score (nSPS) is 37.1. The quantitative estimate of drug-likeness (QED) is 0.828. The highest BCUT2D eigenvalue weighted by molar-refractivity contribution is 4.89. The van der Waals surface area contributed by atoms with E-state index in [0.29, 0.717) is 5.41 Å². The molecule has 0 radical (unpaired) electrons. The van der Waals surface area contributed by atoms with E-state index in [1.165, 1.54) is 58.2 Å². The number of nitrogens with zero attached hydrogens (tertiary/aromatic N) is 2. The second-order valence-corrected chi connectivity index (χ2v) is 7.36. The van der Waals surface area contributed by atoms with Crippen molar-refractivity contribution in [2.75, 3.05) is 40.3 Å². The van der Waals surface area contributed by atoms with Gasteiger partial charge in [0, 0.05) is 19.1 Å². The smallest absolute Gasteiger partial charge is 0.0220 e. The largest absolute Gasteiger partial charge is 0.330 e. The van der Waals surface area contributed by atoms with Gasteiger partial charge < -0.3 is 15.5 Å². The van der Waals surface area contributed by atoms with E-state index in [-0.39, 0.29) is 0 Å². The zero-order valence-corrected chi connectivity index (χ0v) is 13.2. The fourth-order valence-corrected chi connectivity index (χ4v) is 4.01. The molecule has 19 heavy (non-hydrogen) atoms. The van der Waals surface area contributed by atoms with Crippen LogP contribution in [-0.2, 0) is 0 Å². The van der Waals surface area contributed by atoms with Crippen LogP contribution in [0.25, 0.3) is 0 Å². The van der Waals surface area contributed by atoms with E-state index in [2.05, 4.69) is 30.8 Å². The molecule has 1 heterocycles. The monoisotopic (exact) mass is 267 g/mol. The lowest BCUT2D eigenvalue weighted by Gasteiger charge is -2.42. The standard InChI is InChI=1S/C16H33N3/c1-14-6-8-16(12-17,9-7-14)13-18(2)11-15-5-4-10-19(15)3/h14-15H,4-13,17H2,1-3H3. The molecule has 2 aliphatic rings. The fraction of sp³-hybridized carbons (Fsp3) is 1.00. The van der Waals surface area contributed by atoms with Crippen LogP contribution in [0.15, 0.2) is 0 Å². The molecule has 0 spiro atoms. The molecule has 3 heteroatoms. The first-order valence-corrected chi connectivity index (χ1v) is 8.13. The average Bonchev–Trinajstić information content (AvgIpc) is 2.78. The summed E-state index contributed by atoms with van der Waals surface area (Å²) >= 11 is 0. The van der Waals surface area contributed by atoms with Crippen molar-refractivity contribution in [3.05, 3.63) is 0 Å². The number of nitrogens with two attached hydrogens (primary N) is 1. The zero-order chi connectivity index (χ0) is 13.9. The van der Waals surface area contributed by atoms with E-state index < -0.39 is 0 Å². The van der Waals surface area contributed by atoms with Gasteiger partial charge in [0.2, 0.25) is 0 Å². The van der Waals surface area contributed by atoms with Crippen molar-refractivity contribution in [3.8, 4) is 0 Å². The average molecular weight is 267 g/mol. The van der Waals surface area contributed by atoms with E-state index in [1.54, 1.807) is 0 Å². The molecule has 2 N–H and O–H groups in total. The van der Waals surface area contributed by atoms with Crippen molar-refractivity contribution in [2.24, 2.45) is 17.1 Å². The van der Waals surface area contributed by atoms with Gasteiger partial charge in [-0.1, -0.05) is 19.8 Å². The summed E-state index contributed by atoms with van der Waals surface area (Å²) < 4.78 is 0. The highest BCUT2D eigenvalue weighted by atomic mass is 15.2. The summed E-state index contributed by atoms with van der Waals surface area (Å²) in [5.41, 5.74) is 6.53. The maximum absolute atomic E-state index is 6.13. The van der Waals surface area contributed by atoms with E-state index in [4.69, 9.17) is 5.73 Å². The summed E-state index contributed by atoms with van der Waals surface area (Å²) in [5, 5.41) is 0. The Kier molecular flexibility index (Phi) is 5.27. The van der Waals surface area contributed by atoms with Crippen LogP contribution in [0.2, 0.25) is 0 Å². The Bertz CT molecular complexity index is 271. The van der Waals surface area contributed by atoms with Gasteiger partial charge in [0.05, 0.1) is 0 Å². The molecule has 112 valence electrons. The Hall–Kier alpha value is -0.120. The molecule has 1 saturated carbocycles. The van der Waals surface area contributed by atoms with Gasteiger partial charge >= 0.3 is 0 Å². The third-order valence-corrected chi connectivity index (χ3v) is 5.57. The fourth-order valence-electron chi connectivity index (χ4n) is 4.01. The highest BCUT2D eigenvalue weighted by Crippen LogP contribution is 2.38. The molecule has 1 atom stereocenters. The number of likely N-dealkylation sites (N-methyl/N-ethyl adjacent to an activating group) is 2. The lowest BCUT2D eigenvalue weighted by Crippen LogP contribution is -2.46. The zero-order valence-electron chi connectivity index (χ0n) is 13.2. The predicted molar refractivity (Wildman–Crippen MR) is 82.3 cm³/mol. The topological polar surface area (TPSA) is 32.5 Å². The molecule has 0 aromatic carbocycles. The van der Waals surface area contributed by atoms with Gasteiger partial charge in [-0.25, -0.2) is 0 Å². The van der Waals surface area contributed by atoms with Crippen LogP contribution in [0, 0.1) is 11.3 Å². The SMILES string of the molecule is CC1CCC(CN)(CN(C)CC2CCCN2C)CC1. The maximum Gasteiger partial charge on any atom is 0.0220 e. The number of rotatable bonds is 5. The molecule has 1 saturated heterocycles. The summed E-state index contributed by atoms with van der Waals surface area (Å²) in [4.78, 5) is 5.07. The lowest BCUT2D eigenvalue weighted by atomic mass is 9.70. The van der Waals surface area contributed by atoms with Gasteiger partial charge in [0.1, 0.15) is 0 Å². The van der Waals surface area contributed by atoms with Crippen molar-refractivity contribution >= 4 is 0 Å². The minimum Gasteiger partial charge on any atom is -0.330 e. The summed E-state index contributed by atoms with van der Waals surface area (Å²) in [5.74, 6) is 0.908. The lowest BCUT2D eigenvalue weighted by molar-refractivity contribution is 0.0955. The van der Waals surface area contributed by atoms with E-state index in [1.807, 2.05) is 0 Å². The van der Waals surface area contributed by atoms with Crippen molar-refractivity contribution in [1.29, 1.82) is 0 Å². The minimum absolute atomic E-state index is 0.401. The van der Waals surface area contributed by atoms with E-state index >= 15 is 0 Å². The van der Waals surface area contributed by atoms with Crippen LogP contribution in [0.5, 0.6) is 0 Å². The summed E-state index contributed by atoms with van der Waals surface area (Å²) in [7, 11) is 4.56. The molecule has 2 fully saturated rings. The molecule has 1 unspecified atom stereocenters. The van der Waals surface area contributed by atoms with Gasteiger partial charge in [-0.2, -0.15) is 0 Å². The maximum atomic E-state index is 6.13. The Labute approximate surface area is 119 Å². The Morgan fingerprint density at radius 3 is 2.47 bits per heavy atom. The molecule has 0 aromatic rings.